The van der Waals surface area contributed by atoms with Crippen molar-refractivity contribution >= 4 is 0 Å². The summed E-state index contributed by atoms with van der Waals surface area (Å²) in [6.45, 7) is 4.65. The van der Waals surface area contributed by atoms with Crippen LogP contribution in [0.2, 0.25) is 0 Å². The van der Waals surface area contributed by atoms with Crippen LogP contribution in [0, 0.1) is 6.92 Å². The van der Waals surface area contributed by atoms with Crippen LogP contribution >= 0.6 is 0 Å². The summed E-state index contributed by atoms with van der Waals surface area (Å²) >= 11 is 0. The molecule has 0 N–H and O–H groups in total. The molecular weight excluding hydrogens is 260 g/mol. The number of aromatic nitrogens is 2. The number of benzene rings is 1. The molecule has 0 spiro atoms. The van der Waals surface area contributed by atoms with E-state index in [2.05, 4.69) is 65.2 Å². The molecule has 0 fully saturated rings. The third kappa shape index (κ3) is 5.25. The first-order valence-corrected chi connectivity index (χ1v) is 7.21. The molecule has 0 aliphatic rings. The highest BCUT2D eigenvalue weighted by atomic mass is 15.1. The smallest absolute Gasteiger partial charge is 0.0727 e. The van der Waals surface area contributed by atoms with Crippen LogP contribution in [0.15, 0.2) is 36.7 Å². The van der Waals surface area contributed by atoms with Crippen LogP contribution < -0.4 is 0 Å². The molecule has 0 unspecified atom stereocenters. The number of hydrogen-bond donors (Lipinski definition) is 0. The second-order valence-electron chi connectivity index (χ2n) is 5.88. The van der Waals surface area contributed by atoms with E-state index in [0.717, 1.165) is 31.0 Å². The van der Waals surface area contributed by atoms with Gasteiger partial charge in [0, 0.05) is 32.0 Å². The lowest BCUT2D eigenvalue weighted by Crippen LogP contribution is -2.18. The van der Waals surface area contributed by atoms with Crippen molar-refractivity contribution in [2.75, 3.05) is 21.1 Å². The lowest BCUT2D eigenvalue weighted by atomic mass is 10.1. The summed E-state index contributed by atoms with van der Waals surface area (Å²) in [5.41, 5.74) is 4.64. The van der Waals surface area contributed by atoms with Gasteiger partial charge in [0.15, 0.2) is 0 Å². The predicted molar refractivity (Wildman–Crippen MR) is 85.8 cm³/mol. The van der Waals surface area contributed by atoms with E-state index in [9.17, 15) is 0 Å². The summed E-state index contributed by atoms with van der Waals surface area (Å²) in [5.74, 6) is 0. The van der Waals surface area contributed by atoms with Crippen LogP contribution in [0.3, 0.4) is 0 Å². The lowest BCUT2D eigenvalue weighted by molar-refractivity contribution is 0.314. The van der Waals surface area contributed by atoms with E-state index in [-0.39, 0.29) is 0 Å². The Morgan fingerprint density at radius 3 is 2.24 bits per heavy atom. The Balaban J connectivity index is 1.95. The standard InChI is InChI=1S/C17H24N4/c1-14-9-19-17(10-18-14)13-21(4)12-16-7-5-6-15(8-16)11-20(2)3/h5-10H,11-13H2,1-4H3. The average Bonchev–Trinajstić information content (AvgIpc) is 2.41. The van der Waals surface area contributed by atoms with Gasteiger partial charge in [0.1, 0.15) is 0 Å². The Labute approximate surface area is 127 Å². The monoisotopic (exact) mass is 284 g/mol. The lowest BCUT2D eigenvalue weighted by Gasteiger charge is -2.17. The van der Waals surface area contributed by atoms with Gasteiger partial charge in [-0.05, 0) is 39.2 Å². The molecule has 0 radical (unpaired) electrons. The zero-order valence-corrected chi connectivity index (χ0v) is 13.4. The van der Waals surface area contributed by atoms with E-state index in [0.29, 0.717) is 0 Å². The molecule has 1 aromatic heterocycles. The fourth-order valence-corrected chi connectivity index (χ4v) is 2.34. The SMILES string of the molecule is Cc1cnc(CN(C)Cc2cccc(CN(C)C)c2)cn1. The fraction of sp³-hybridized carbons (Fsp3) is 0.412. The van der Waals surface area contributed by atoms with E-state index in [1.165, 1.54) is 11.1 Å². The maximum Gasteiger partial charge on any atom is 0.0727 e. The third-order valence-corrected chi connectivity index (χ3v) is 3.21. The van der Waals surface area contributed by atoms with Gasteiger partial charge < -0.3 is 4.90 Å². The molecule has 112 valence electrons. The van der Waals surface area contributed by atoms with Gasteiger partial charge in [-0.15, -0.1) is 0 Å². The minimum Gasteiger partial charge on any atom is -0.305 e. The van der Waals surface area contributed by atoms with E-state index < -0.39 is 0 Å². The van der Waals surface area contributed by atoms with Gasteiger partial charge in [0.25, 0.3) is 0 Å². The van der Waals surface area contributed by atoms with Crippen LogP contribution in [0.25, 0.3) is 0 Å². The molecule has 0 bridgehead atoms. The molecule has 1 aromatic carbocycles. The first-order chi connectivity index (χ1) is 10.0. The van der Waals surface area contributed by atoms with E-state index in [1.54, 1.807) is 0 Å². The van der Waals surface area contributed by atoms with Gasteiger partial charge in [-0.3, -0.25) is 14.9 Å². The van der Waals surface area contributed by atoms with E-state index in [4.69, 9.17) is 0 Å². The molecule has 1 heterocycles. The molecule has 0 amide bonds. The topological polar surface area (TPSA) is 32.3 Å². The van der Waals surface area contributed by atoms with Crippen LogP contribution in [-0.2, 0) is 19.6 Å². The summed E-state index contributed by atoms with van der Waals surface area (Å²) in [6, 6.07) is 8.76. The molecule has 4 nitrogen and oxygen atoms in total. The minimum atomic E-state index is 0.811. The highest BCUT2D eigenvalue weighted by molar-refractivity contribution is 5.23. The van der Waals surface area contributed by atoms with Crippen molar-refractivity contribution in [3.05, 3.63) is 59.2 Å². The first-order valence-electron chi connectivity index (χ1n) is 7.21. The molecule has 4 heteroatoms. The van der Waals surface area contributed by atoms with Crippen LogP contribution in [0.4, 0.5) is 0 Å². The Morgan fingerprint density at radius 2 is 1.62 bits per heavy atom. The Hall–Kier alpha value is -1.78. The maximum absolute atomic E-state index is 4.41. The summed E-state index contributed by atoms with van der Waals surface area (Å²) in [7, 11) is 6.30. The summed E-state index contributed by atoms with van der Waals surface area (Å²) < 4.78 is 0. The number of nitrogens with zero attached hydrogens (tertiary/aromatic N) is 4. The van der Waals surface area contributed by atoms with Crippen molar-refractivity contribution in [2.24, 2.45) is 0 Å². The van der Waals surface area contributed by atoms with Crippen molar-refractivity contribution in [3.63, 3.8) is 0 Å². The van der Waals surface area contributed by atoms with Gasteiger partial charge in [-0.2, -0.15) is 0 Å². The van der Waals surface area contributed by atoms with Crippen molar-refractivity contribution in [1.29, 1.82) is 0 Å². The van der Waals surface area contributed by atoms with E-state index >= 15 is 0 Å². The Bertz CT molecular complexity index is 563. The number of hydrogen-bond acceptors (Lipinski definition) is 4. The van der Waals surface area contributed by atoms with Gasteiger partial charge >= 0.3 is 0 Å². The van der Waals surface area contributed by atoms with Crippen LogP contribution in [0.5, 0.6) is 0 Å². The molecule has 0 saturated carbocycles. The highest BCUT2D eigenvalue weighted by Crippen LogP contribution is 2.10. The van der Waals surface area contributed by atoms with Crippen molar-refractivity contribution in [2.45, 2.75) is 26.6 Å². The van der Waals surface area contributed by atoms with E-state index in [1.807, 2.05) is 19.3 Å². The molecule has 2 rings (SSSR count). The maximum atomic E-state index is 4.41. The van der Waals surface area contributed by atoms with Gasteiger partial charge in [0.2, 0.25) is 0 Å². The molecule has 0 saturated heterocycles. The zero-order valence-electron chi connectivity index (χ0n) is 13.4. The molecule has 0 aliphatic carbocycles. The largest absolute Gasteiger partial charge is 0.305 e. The second-order valence-corrected chi connectivity index (χ2v) is 5.88. The van der Waals surface area contributed by atoms with Gasteiger partial charge in [-0.25, -0.2) is 0 Å². The normalized spacial score (nSPS) is 11.3. The van der Waals surface area contributed by atoms with Crippen molar-refractivity contribution < 1.29 is 0 Å². The summed E-state index contributed by atoms with van der Waals surface area (Å²) in [6.07, 6.45) is 3.68. The first kappa shape index (κ1) is 15.6. The van der Waals surface area contributed by atoms with Crippen LogP contribution in [-0.4, -0.2) is 40.9 Å². The van der Waals surface area contributed by atoms with Crippen molar-refractivity contribution in [1.82, 2.24) is 19.8 Å². The average molecular weight is 284 g/mol. The Kier molecular flexibility index (Phi) is 5.42. The fourth-order valence-electron chi connectivity index (χ4n) is 2.34. The minimum absolute atomic E-state index is 0.811. The number of aryl methyl sites for hydroxylation is 1. The predicted octanol–water partition coefficient (Wildman–Crippen LogP) is 2.48. The number of rotatable bonds is 6. The molecule has 0 atom stereocenters. The van der Waals surface area contributed by atoms with Gasteiger partial charge in [-0.1, -0.05) is 24.3 Å². The summed E-state index contributed by atoms with van der Waals surface area (Å²) in [5, 5.41) is 0. The highest BCUT2D eigenvalue weighted by Gasteiger charge is 2.04. The molecule has 0 aliphatic heterocycles. The van der Waals surface area contributed by atoms with Crippen LogP contribution in [0.1, 0.15) is 22.5 Å². The second kappa shape index (κ2) is 7.29. The third-order valence-electron chi connectivity index (χ3n) is 3.21. The molecular formula is C17H24N4. The quantitative estimate of drug-likeness (QED) is 0.816. The molecule has 2 aromatic rings. The molecule has 21 heavy (non-hydrogen) atoms. The summed E-state index contributed by atoms with van der Waals surface area (Å²) in [4.78, 5) is 13.1. The van der Waals surface area contributed by atoms with Crippen molar-refractivity contribution in [3.8, 4) is 0 Å². The van der Waals surface area contributed by atoms with Gasteiger partial charge in [0.05, 0.1) is 11.4 Å². The zero-order chi connectivity index (χ0) is 15.2. The Morgan fingerprint density at radius 1 is 0.905 bits per heavy atom.